The molecule has 1 unspecified atom stereocenters. The topological polar surface area (TPSA) is 122 Å². The van der Waals surface area contributed by atoms with Crippen LogP contribution in [0.2, 0.25) is 5.02 Å². The van der Waals surface area contributed by atoms with Gasteiger partial charge in [0.1, 0.15) is 6.10 Å². The first-order valence-corrected chi connectivity index (χ1v) is 13.4. The number of nitrogens with one attached hydrogen (secondary N) is 1. The van der Waals surface area contributed by atoms with E-state index >= 15 is 0 Å². The highest BCUT2D eigenvalue weighted by Gasteiger charge is 2.29. The molecule has 2 aromatic rings. The van der Waals surface area contributed by atoms with Crippen molar-refractivity contribution in [2.45, 2.75) is 75.0 Å². The van der Waals surface area contributed by atoms with Crippen molar-refractivity contribution in [3.8, 4) is 0 Å². The van der Waals surface area contributed by atoms with Crippen LogP contribution in [0, 0.1) is 5.92 Å². The molecule has 10 heteroatoms. The lowest BCUT2D eigenvalue weighted by molar-refractivity contribution is -0.118. The molecule has 1 aliphatic carbocycles. The molecular weight excluding hydrogens is 466 g/mol. The highest BCUT2D eigenvalue weighted by Crippen LogP contribution is 2.36. The number of hydrogen-bond donors (Lipinski definition) is 3. The Morgan fingerprint density at radius 1 is 1.30 bits per heavy atom. The highest BCUT2D eigenvalue weighted by atomic mass is 35.5. The van der Waals surface area contributed by atoms with Crippen LogP contribution in [0.4, 0.5) is 5.82 Å². The summed E-state index contributed by atoms with van der Waals surface area (Å²) in [6, 6.07) is 6.30. The number of sulfone groups is 1. The number of benzene rings is 1. The maximum absolute atomic E-state index is 13.3. The Morgan fingerprint density at radius 3 is 2.55 bits per heavy atom. The summed E-state index contributed by atoms with van der Waals surface area (Å²) in [7, 11) is -3.47. The van der Waals surface area contributed by atoms with Crippen LogP contribution in [0.25, 0.3) is 0 Å². The van der Waals surface area contributed by atoms with Gasteiger partial charge in [-0.05, 0) is 43.9 Å². The van der Waals surface area contributed by atoms with Gasteiger partial charge in [-0.15, -0.1) is 0 Å². The Balaban J connectivity index is 1.80. The Hall–Kier alpha value is -1.94. The van der Waals surface area contributed by atoms with Gasteiger partial charge in [0.2, 0.25) is 5.91 Å². The minimum absolute atomic E-state index is 0.0389. The first-order chi connectivity index (χ1) is 15.3. The van der Waals surface area contributed by atoms with E-state index in [-0.39, 0.29) is 22.4 Å². The van der Waals surface area contributed by atoms with Crippen molar-refractivity contribution < 1.29 is 23.4 Å². The predicted molar refractivity (Wildman–Crippen MR) is 127 cm³/mol. The van der Waals surface area contributed by atoms with Crippen molar-refractivity contribution >= 4 is 33.2 Å². The number of halogens is 1. The largest absolute Gasteiger partial charge is 0.388 e. The molecule has 1 fully saturated rings. The Labute approximate surface area is 199 Å². The van der Waals surface area contributed by atoms with Crippen LogP contribution in [0.1, 0.15) is 57.4 Å². The standard InChI is InChI=1S/C23H32ClN3O5S/c1-23(2,30)20(28)14-27-11-10-21(26-27)25-22(29)17(12-15-6-4-5-7-15)16-8-9-19(18(24)13-16)33(3,31)32/h8-11,13,15,17,20,28,30H,4-7,12,14H2,1-3H3,(H,25,26,29)/t17-,20?/m1/s1. The number of aromatic nitrogens is 2. The van der Waals surface area contributed by atoms with Gasteiger partial charge in [0, 0.05) is 18.5 Å². The molecular formula is C23H32ClN3O5S. The lowest BCUT2D eigenvalue weighted by Gasteiger charge is -2.24. The van der Waals surface area contributed by atoms with E-state index in [1.807, 2.05) is 0 Å². The van der Waals surface area contributed by atoms with Crippen molar-refractivity contribution in [2.24, 2.45) is 5.92 Å². The number of aliphatic hydroxyl groups excluding tert-OH is 1. The third-order valence-electron chi connectivity index (χ3n) is 6.19. The number of carbonyl (C=O) groups excluding carboxylic acids is 1. The molecule has 1 aliphatic rings. The van der Waals surface area contributed by atoms with Crippen LogP contribution in [-0.4, -0.2) is 52.3 Å². The molecule has 3 N–H and O–H groups in total. The maximum atomic E-state index is 13.3. The third-order valence-corrected chi connectivity index (χ3v) is 7.77. The summed E-state index contributed by atoms with van der Waals surface area (Å²) >= 11 is 6.26. The fourth-order valence-electron chi connectivity index (χ4n) is 4.15. The van der Waals surface area contributed by atoms with Gasteiger partial charge in [0.15, 0.2) is 15.7 Å². The zero-order valence-corrected chi connectivity index (χ0v) is 20.7. The minimum atomic E-state index is -3.47. The van der Waals surface area contributed by atoms with E-state index in [0.717, 1.165) is 31.9 Å². The Bertz CT molecular complexity index is 1090. The predicted octanol–water partition coefficient (Wildman–Crippen LogP) is 3.37. The fourth-order valence-corrected chi connectivity index (χ4v) is 5.49. The van der Waals surface area contributed by atoms with Crippen molar-refractivity contribution in [3.05, 3.63) is 41.0 Å². The quantitative estimate of drug-likeness (QED) is 0.488. The zero-order chi connectivity index (χ0) is 24.4. The molecule has 1 amide bonds. The van der Waals surface area contributed by atoms with Gasteiger partial charge in [-0.2, -0.15) is 5.10 Å². The first kappa shape index (κ1) is 25.7. The number of hydrogen-bond acceptors (Lipinski definition) is 6. The summed E-state index contributed by atoms with van der Waals surface area (Å²) in [6.07, 6.45) is 6.73. The molecule has 0 spiro atoms. The summed E-state index contributed by atoms with van der Waals surface area (Å²) in [5.41, 5.74) is -0.618. The second-order valence-corrected chi connectivity index (χ2v) is 11.9. The molecule has 0 saturated heterocycles. The van der Waals surface area contributed by atoms with Crippen molar-refractivity contribution in [1.29, 1.82) is 0 Å². The first-order valence-electron chi connectivity index (χ1n) is 11.1. The average Bonchev–Trinajstić information content (AvgIpc) is 3.36. The smallest absolute Gasteiger partial charge is 0.233 e. The van der Waals surface area contributed by atoms with E-state index in [1.165, 1.54) is 24.6 Å². The third kappa shape index (κ3) is 6.79. The van der Waals surface area contributed by atoms with Crippen molar-refractivity contribution in [1.82, 2.24) is 9.78 Å². The van der Waals surface area contributed by atoms with E-state index in [4.69, 9.17) is 11.6 Å². The molecule has 182 valence electrons. The van der Waals surface area contributed by atoms with Gasteiger partial charge < -0.3 is 15.5 Å². The molecule has 0 bridgehead atoms. The number of aliphatic hydroxyl groups is 2. The summed E-state index contributed by atoms with van der Waals surface area (Å²) in [5, 5.41) is 27.2. The zero-order valence-electron chi connectivity index (χ0n) is 19.2. The molecule has 1 saturated carbocycles. The normalized spacial score (nSPS) is 17.2. The van der Waals surface area contributed by atoms with E-state index in [0.29, 0.717) is 23.7 Å². The van der Waals surface area contributed by atoms with E-state index < -0.39 is 27.5 Å². The number of amides is 1. The highest BCUT2D eigenvalue weighted by molar-refractivity contribution is 7.90. The van der Waals surface area contributed by atoms with Crippen molar-refractivity contribution in [3.63, 3.8) is 0 Å². The molecule has 2 atom stereocenters. The van der Waals surface area contributed by atoms with Crippen LogP contribution in [-0.2, 0) is 21.2 Å². The van der Waals surface area contributed by atoms with Gasteiger partial charge in [0.05, 0.1) is 28.0 Å². The average molecular weight is 498 g/mol. The van der Waals surface area contributed by atoms with Gasteiger partial charge in [-0.25, -0.2) is 8.42 Å². The molecule has 1 heterocycles. The summed E-state index contributed by atoms with van der Waals surface area (Å²) in [4.78, 5) is 13.3. The molecule has 0 aliphatic heterocycles. The van der Waals surface area contributed by atoms with Crippen molar-refractivity contribution in [2.75, 3.05) is 11.6 Å². The fraction of sp³-hybridized carbons (Fsp3) is 0.565. The van der Waals surface area contributed by atoms with Crippen LogP contribution >= 0.6 is 11.6 Å². The van der Waals surface area contributed by atoms with Gasteiger partial charge in [-0.1, -0.05) is 43.4 Å². The number of carbonyl (C=O) groups is 1. The lowest BCUT2D eigenvalue weighted by Crippen LogP contribution is -2.39. The summed E-state index contributed by atoms with van der Waals surface area (Å²) in [6.45, 7) is 3.10. The van der Waals surface area contributed by atoms with E-state index in [1.54, 1.807) is 24.4 Å². The van der Waals surface area contributed by atoms with Crippen LogP contribution in [0.5, 0.6) is 0 Å². The van der Waals surface area contributed by atoms with E-state index in [2.05, 4.69) is 10.4 Å². The number of nitrogens with zero attached hydrogens (tertiary/aromatic N) is 2. The number of anilines is 1. The molecule has 1 aromatic carbocycles. The number of rotatable bonds is 9. The van der Waals surface area contributed by atoms with Crippen LogP contribution in [0.15, 0.2) is 35.4 Å². The van der Waals surface area contributed by atoms with E-state index in [9.17, 15) is 23.4 Å². The van der Waals surface area contributed by atoms with Crippen LogP contribution < -0.4 is 5.32 Å². The SMILES string of the molecule is CC(C)(O)C(O)Cn1ccc(NC(=O)[C@H](CC2CCCC2)c2ccc(S(C)(=O)=O)c(Cl)c2)n1. The monoisotopic (exact) mass is 497 g/mol. The Morgan fingerprint density at radius 2 is 1.97 bits per heavy atom. The lowest BCUT2D eigenvalue weighted by atomic mass is 9.87. The molecule has 1 aromatic heterocycles. The van der Waals surface area contributed by atoms with Gasteiger partial charge in [-0.3, -0.25) is 9.48 Å². The molecule has 8 nitrogen and oxygen atoms in total. The summed E-state index contributed by atoms with van der Waals surface area (Å²) in [5.74, 6) is -0.0171. The van der Waals surface area contributed by atoms with Gasteiger partial charge >= 0.3 is 0 Å². The second-order valence-electron chi connectivity index (χ2n) is 9.48. The second kappa shape index (κ2) is 10.1. The molecule has 33 heavy (non-hydrogen) atoms. The minimum Gasteiger partial charge on any atom is -0.388 e. The summed E-state index contributed by atoms with van der Waals surface area (Å²) < 4.78 is 25.3. The molecule has 0 radical (unpaired) electrons. The molecule has 3 rings (SSSR count). The Kier molecular flexibility index (Phi) is 7.88. The van der Waals surface area contributed by atoms with Gasteiger partial charge in [0.25, 0.3) is 0 Å². The maximum Gasteiger partial charge on any atom is 0.233 e. The van der Waals surface area contributed by atoms with Crippen LogP contribution in [0.3, 0.4) is 0 Å².